The molecule has 1 fully saturated rings. The van der Waals surface area contributed by atoms with Crippen molar-refractivity contribution in [2.24, 2.45) is 0 Å². The minimum absolute atomic E-state index is 0.335. The second kappa shape index (κ2) is 6.17. The van der Waals surface area contributed by atoms with E-state index >= 15 is 0 Å². The lowest BCUT2D eigenvalue weighted by atomic mass is 10.2. The van der Waals surface area contributed by atoms with Gasteiger partial charge in [-0.15, -0.1) is 0 Å². The van der Waals surface area contributed by atoms with Crippen LogP contribution in [0.5, 0.6) is 0 Å². The second-order valence-electron chi connectivity index (χ2n) is 5.55. The number of piperazine rings is 1. The molecule has 1 aromatic carbocycles. The monoisotopic (exact) mass is 341 g/mol. The first kappa shape index (κ1) is 15.8. The fourth-order valence-corrected chi connectivity index (χ4v) is 4.33. The highest BCUT2D eigenvalue weighted by atomic mass is 32.2. The largest absolute Gasteiger partial charge is 0.304 e. The lowest BCUT2D eigenvalue weighted by Crippen LogP contribution is -2.51. The molecule has 120 valence electrons. The molecule has 9 heteroatoms. The van der Waals surface area contributed by atoms with Gasteiger partial charge in [0.05, 0.1) is 11.7 Å². The Morgan fingerprint density at radius 1 is 1.18 bits per heavy atom. The maximum atomic E-state index is 12.6. The van der Waals surface area contributed by atoms with Crippen LogP contribution in [0.4, 0.5) is 0 Å². The lowest BCUT2D eigenvalue weighted by molar-refractivity contribution is 0.213. The molecule has 2 heterocycles. The SMILES string of the molecule is CN1CCN(S(=O)(=O)N(C)Cc2ccc3nsnc3c2)CC1. The van der Waals surface area contributed by atoms with Crippen LogP contribution in [0.2, 0.25) is 0 Å². The van der Waals surface area contributed by atoms with E-state index in [9.17, 15) is 8.42 Å². The molecule has 0 atom stereocenters. The molecule has 0 bridgehead atoms. The third kappa shape index (κ3) is 3.13. The summed E-state index contributed by atoms with van der Waals surface area (Å²) in [5.74, 6) is 0. The van der Waals surface area contributed by atoms with E-state index < -0.39 is 10.2 Å². The van der Waals surface area contributed by atoms with Gasteiger partial charge in [-0.05, 0) is 24.7 Å². The maximum absolute atomic E-state index is 12.6. The van der Waals surface area contributed by atoms with Gasteiger partial charge in [0.2, 0.25) is 0 Å². The van der Waals surface area contributed by atoms with E-state index in [2.05, 4.69) is 13.6 Å². The number of benzene rings is 1. The molecule has 1 saturated heterocycles. The number of likely N-dealkylation sites (N-methyl/N-ethyl adjacent to an activating group) is 1. The number of aromatic nitrogens is 2. The number of hydrogen-bond donors (Lipinski definition) is 0. The minimum atomic E-state index is -3.42. The normalized spacial score (nSPS) is 18.3. The summed E-state index contributed by atoms with van der Waals surface area (Å²) in [5, 5.41) is 0. The first-order chi connectivity index (χ1) is 10.5. The Bertz CT molecular complexity index is 753. The van der Waals surface area contributed by atoms with Gasteiger partial charge in [0.15, 0.2) is 0 Å². The van der Waals surface area contributed by atoms with Crippen molar-refractivity contribution >= 4 is 33.0 Å². The number of nitrogens with zero attached hydrogens (tertiary/aromatic N) is 5. The molecule has 22 heavy (non-hydrogen) atoms. The first-order valence-corrected chi connectivity index (χ1v) is 9.21. The Labute approximate surface area is 134 Å². The van der Waals surface area contributed by atoms with Gasteiger partial charge < -0.3 is 4.90 Å². The van der Waals surface area contributed by atoms with E-state index in [1.807, 2.05) is 25.2 Å². The van der Waals surface area contributed by atoms with Gasteiger partial charge in [0.1, 0.15) is 11.0 Å². The fourth-order valence-electron chi connectivity index (χ4n) is 2.48. The summed E-state index contributed by atoms with van der Waals surface area (Å²) in [6.07, 6.45) is 0. The molecule has 0 aliphatic carbocycles. The molecule has 0 N–H and O–H groups in total. The van der Waals surface area contributed by atoms with Crippen LogP contribution in [-0.2, 0) is 16.8 Å². The predicted molar refractivity (Wildman–Crippen MR) is 86.9 cm³/mol. The summed E-state index contributed by atoms with van der Waals surface area (Å²) >= 11 is 1.16. The van der Waals surface area contributed by atoms with E-state index in [0.29, 0.717) is 19.6 Å². The Kier molecular flexibility index (Phi) is 4.42. The molecule has 1 aliphatic heterocycles. The Balaban J connectivity index is 1.73. The maximum Gasteiger partial charge on any atom is 0.282 e. The molecule has 0 radical (unpaired) electrons. The van der Waals surface area contributed by atoms with Crippen LogP contribution in [0, 0.1) is 0 Å². The van der Waals surface area contributed by atoms with Crippen LogP contribution in [0.1, 0.15) is 5.56 Å². The van der Waals surface area contributed by atoms with Crippen molar-refractivity contribution in [1.29, 1.82) is 0 Å². The number of fused-ring (bicyclic) bond motifs is 1. The van der Waals surface area contributed by atoms with Gasteiger partial charge in [0.25, 0.3) is 10.2 Å². The van der Waals surface area contributed by atoms with E-state index in [0.717, 1.165) is 41.4 Å². The van der Waals surface area contributed by atoms with Crippen LogP contribution in [0.3, 0.4) is 0 Å². The molecular formula is C13H19N5O2S2. The molecule has 1 aliphatic rings. The van der Waals surface area contributed by atoms with Crippen molar-refractivity contribution in [3.63, 3.8) is 0 Å². The minimum Gasteiger partial charge on any atom is -0.304 e. The lowest BCUT2D eigenvalue weighted by Gasteiger charge is -2.34. The average molecular weight is 341 g/mol. The Hall–Kier alpha value is -1.13. The topological polar surface area (TPSA) is 69.6 Å². The molecule has 0 unspecified atom stereocenters. The van der Waals surface area contributed by atoms with Crippen LogP contribution in [0.25, 0.3) is 11.0 Å². The van der Waals surface area contributed by atoms with Crippen molar-refractivity contribution in [3.8, 4) is 0 Å². The molecule has 0 amide bonds. The second-order valence-corrected chi connectivity index (χ2v) is 8.12. The highest BCUT2D eigenvalue weighted by Crippen LogP contribution is 2.17. The van der Waals surface area contributed by atoms with Crippen molar-refractivity contribution in [3.05, 3.63) is 23.8 Å². The van der Waals surface area contributed by atoms with Crippen molar-refractivity contribution in [2.75, 3.05) is 40.3 Å². The summed E-state index contributed by atoms with van der Waals surface area (Å²) in [5.41, 5.74) is 2.58. The van der Waals surface area contributed by atoms with Crippen LogP contribution in [-0.4, -0.2) is 70.9 Å². The zero-order valence-electron chi connectivity index (χ0n) is 12.6. The molecule has 3 rings (SSSR count). The van der Waals surface area contributed by atoms with Crippen molar-refractivity contribution in [2.45, 2.75) is 6.54 Å². The molecule has 1 aromatic heterocycles. The number of hydrogen-bond acceptors (Lipinski definition) is 6. The smallest absolute Gasteiger partial charge is 0.282 e. The third-order valence-corrected chi connectivity index (χ3v) is 6.40. The van der Waals surface area contributed by atoms with Crippen molar-refractivity contribution < 1.29 is 8.42 Å². The molecule has 0 saturated carbocycles. The molecule has 7 nitrogen and oxygen atoms in total. The Morgan fingerprint density at radius 3 is 2.59 bits per heavy atom. The first-order valence-electron chi connectivity index (χ1n) is 7.08. The van der Waals surface area contributed by atoms with Gasteiger partial charge in [0, 0.05) is 39.8 Å². The van der Waals surface area contributed by atoms with E-state index in [4.69, 9.17) is 0 Å². The molecular weight excluding hydrogens is 322 g/mol. The number of rotatable bonds is 4. The highest BCUT2D eigenvalue weighted by molar-refractivity contribution is 7.86. The quantitative estimate of drug-likeness (QED) is 0.815. The Morgan fingerprint density at radius 2 is 1.86 bits per heavy atom. The van der Waals surface area contributed by atoms with Crippen LogP contribution >= 0.6 is 11.7 Å². The zero-order chi connectivity index (χ0) is 15.7. The summed E-state index contributed by atoms with van der Waals surface area (Å²) < 4.78 is 36.5. The van der Waals surface area contributed by atoms with Gasteiger partial charge in [-0.25, -0.2) is 0 Å². The summed E-state index contributed by atoms with van der Waals surface area (Å²) in [7, 11) is 0.210. The van der Waals surface area contributed by atoms with Gasteiger partial charge in [-0.3, -0.25) is 0 Å². The summed E-state index contributed by atoms with van der Waals surface area (Å²) in [6.45, 7) is 2.95. The van der Waals surface area contributed by atoms with Crippen molar-refractivity contribution in [1.82, 2.24) is 22.3 Å². The van der Waals surface area contributed by atoms with E-state index in [1.54, 1.807) is 11.4 Å². The van der Waals surface area contributed by atoms with Gasteiger partial charge >= 0.3 is 0 Å². The summed E-state index contributed by atoms with van der Waals surface area (Å²) in [6, 6.07) is 5.68. The van der Waals surface area contributed by atoms with Gasteiger partial charge in [-0.2, -0.15) is 25.8 Å². The van der Waals surface area contributed by atoms with Crippen LogP contribution in [0.15, 0.2) is 18.2 Å². The van der Waals surface area contributed by atoms with E-state index in [-0.39, 0.29) is 0 Å². The highest BCUT2D eigenvalue weighted by Gasteiger charge is 2.29. The zero-order valence-corrected chi connectivity index (χ0v) is 14.3. The van der Waals surface area contributed by atoms with E-state index in [1.165, 1.54) is 4.31 Å². The predicted octanol–water partition coefficient (Wildman–Crippen LogP) is 0.615. The van der Waals surface area contributed by atoms with Gasteiger partial charge in [-0.1, -0.05) is 6.07 Å². The van der Waals surface area contributed by atoms with Crippen LogP contribution < -0.4 is 0 Å². The third-order valence-electron chi connectivity index (χ3n) is 3.91. The standard InChI is InChI=1S/C13H19N5O2S2/c1-16-5-7-18(8-6-16)22(19,20)17(2)10-11-3-4-12-13(9-11)15-21-14-12/h3-4,9H,5-8,10H2,1-2H3. The summed E-state index contributed by atoms with van der Waals surface area (Å²) in [4.78, 5) is 2.13. The average Bonchev–Trinajstić information content (AvgIpc) is 2.95. The molecule has 2 aromatic rings. The fraction of sp³-hybridized carbons (Fsp3) is 0.538. The molecule has 0 spiro atoms.